The Balaban J connectivity index is 2.95. The van der Waals surface area contributed by atoms with Crippen LogP contribution in [0.4, 0.5) is 13.2 Å². The zero-order valence-corrected chi connectivity index (χ0v) is 14.2. The SMILES string of the molecule is C=C(O)/C=C(\N=C(C)SCc1c(Cl)ccnc1CC)C(F)(F)F. The van der Waals surface area contributed by atoms with Gasteiger partial charge in [0.1, 0.15) is 11.5 Å². The molecule has 1 heterocycles. The van der Waals surface area contributed by atoms with Gasteiger partial charge in [-0.2, -0.15) is 13.2 Å². The van der Waals surface area contributed by atoms with Gasteiger partial charge < -0.3 is 5.11 Å². The number of alkyl halides is 3. The molecule has 1 N–H and O–H groups in total. The van der Waals surface area contributed by atoms with E-state index in [0.29, 0.717) is 23.3 Å². The highest BCUT2D eigenvalue weighted by Gasteiger charge is 2.34. The highest BCUT2D eigenvalue weighted by atomic mass is 35.5. The topological polar surface area (TPSA) is 45.5 Å². The molecule has 1 rings (SSSR count). The zero-order chi connectivity index (χ0) is 17.6. The summed E-state index contributed by atoms with van der Waals surface area (Å²) < 4.78 is 38.5. The summed E-state index contributed by atoms with van der Waals surface area (Å²) in [4.78, 5) is 7.72. The normalized spacial score (nSPS) is 13.3. The van der Waals surface area contributed by atoms with Crippen LogP contribution in [0.2, 0.25) is 5.02 Å². The predicted molar refractivity (Wildman–Crippen MR) is 88.9 cm³/mol. The second-order valence-corrected chi connectivity index (χ2v) is 6.09. The Morgan fingerprint density at radius 2 is 2.17 bits per heavy atom. The van der Waals surface area contributed by atoms with Crippen molar-refractivity contribution in [2.45, 2.75) is 32.2 Å². The van der Waals surface area contributed by atoms with E-state index < -0.39 is 17.6 Å². The first kappa shape index (κ1) is 19.6. The summed E-state index contributed by atoms with van der Waals surface area (Å²) in [6.07, 6.45) is -1.93. The fraction of sp³-hybridized carbons (Fsp3) is 0.333. The summed E-state index contributed by atoms with van der Waals surface area (Å²) >= 11 is 7.23. The molecular weight excluding hydrogens is 349 g/mol. The van der Waals surface area contributed by atoms with E-state index in [1.807, 2.05) is 6.92 Å². The third-order valence-electron chi connectivity index (χ3n) is 2.72. The Morgan fingerprint density at radius 3 is 2.70 bits per heavy atom. The quantitative estimate of drug-likeness (QED) is 0.326. The van der Waals surface area contributed by atoms with Crippen molar-refractivity contribution in [1.82, 2.24) is 4.98 Å². The minimum atomic E-state index is -4.67. The number of allylic oxidation sites excluding steroid dienone is 2. The fourth-order valence-corrected chi connectivity index (χ4v) is 2.83. The average molecular weight is 365 g/mol. The molecule has 0 radical (unpaired) electrons. The third-order valence-corrected chi connectivity index (χ3v) is 4.02. The van der Waals surface area contributed by atoms with Crippen molar-refractivity contribution in [2.24, 2.45) is 4.99 Å². The summed E-state index contributed by atoms with van der Waals surface area (Å²) in [5.41, 5.74) is 0.372. The van der Waals surface area contributed by atoms with Crippen LogP contribution < -0.4 is 0 Å². The number of aliphatic hydroxyl groups excluding tert-OH is 1. The number of halogens is 4. The molecule has 0 bridgehead atoms. The van der Waals surface area contributed by atoms with Gasteiger partial charge in [-0.15, -0.1) is 11.8 Å². The summed E-state index contributed by atoms with van der Waals surface area (Å²) in [5.74, 6) is -0.349. The molecule has 0 unspecified atom stereocenters. The van der Waals surface area contributed by atoms with Crippen LogP contribution in [0.5, 0.6) is 0 Å². The van der Waals surface area contributed by atoms with Gasteiger partial charge in [0.25, 0.3) is 0 Å². The lowest BCUT2D eigenvalue weighted by Crippen LogP contribution is -2.11. The lowest BCUT2D eigenvalue weighted by Gasteiger charge is -2.10. The highest BCUT2D eigenvalue weighted by Crippen LogP contribution is 2.30. The first-order chi connectivity index (χ1) is 10.6. The maximum atomic E-state index is 12.8. The molecule has 1 aromatic rings. The lowest BCUT2D eigenvalue weighted by molar-refractivity contribution is -0.0925. The minimum Gasteiger partial charge on any atom is -0.509 e. The van der Waals surface area contributed by atoms with Gasteiger partial charge in [-0.3, -0.25) is 4.98 Å². The number of aromatic nitrogens is 1. The number of hydrogen-bond donors (Lipinski definition) is 1. The van der Waals surface area contributed by atoms with Crippen molar-refractivity contribution in [2.75, 3.05) is 0 Å². The molecule has 0 aliphatic heterocycles. The molecule has 3 nitrogen and oxygen atoms in total. The maximum Gasteiger partial charge on any atom is 0.433 e. The van der Waals surface area contributed by atoms with Gasteiger partial charge in [-0.25, -0.2) is 4.99 Å². The molecule has 0 spiro atoms. The second kappa shape index (κ2) is 8.40. The van der Waals surface area contributed by atoms with Gasteiger partial charge in [0.15, 0.2) is 0 Å². The highest BCUT2D eigenvalue weighted by molar-refractivity contribution is 8.13. The van der Waals surface area contributed by atoms with E-state index in [-0.39, 0.29) is 5.04 Å². The van der Waals surface area contributed by atoms with Gasteiger partial charge >= 0.3 is 6.18 Å². The molecule has 1 aromatic heterocycles. The number of pyridine rings is 1. The Labute approximate surface area is 142 Å². The number of aryl methyl sites for hydroxylation is 1. The molecule has 0 saturated heterocycles. The van der Waals surface area contributed by atoms with E-state index in [1.54, 1.807) is 12.3 Å². The van der Waals surface area contributed by atoms with E-state index >= 15 is 0 Å². The lowest BCUT2D eigenvalue weighted by atomic mass is 10.2. The maximum absolute atomic E-state index is 12.8. The Bertz CT molecular complexity index is 642. The van der Waals surface area contributed by atoms with Crippen LogP contribution in [0.1, 0.15) is 25.1 Å². The zero-order valence-electron chi connectivity index (χ0n) is 12.6. The second-order valence-electron chi connectivity index (χ2n) is 4.51. The summed E-state index contributed by atoms with van der Waals surface area (Å²) in [6.45, 7) is 6.40. The number of hydrogen-bond acceptors (Lipinski definition) is 4. The van der Waals surface area contributed by atoms with Gasteiger partial charge in [0.05, 0.1) is 5.04 Å². The number of rotatable bonds is 5. The Morgan fingerprint density at radius 1 is 1.52 bits per heavy atom. The third kappa shape index (κ3) is 6.27. The Kier molecular flexibility index (Phi) is 7.15. The van der Waals surface area contributed by atoms with Crippen LogP contribution in [0.15, 0.2) is 41.4 Å². The van der Waals surface area contributed by atoms with Gasteiger partial charge in [0.2, 0.25) is 0 Å². The number of aliphatic imine (C=N–C) groups is 1. The van der Waals surface area contributed by atoms with Gasteiger partial charge in [-0.05, 0) is 19.4 Å². The number of aliphatic hydroxyl groups is 1. The van der Waals surface area contributed by atoms with Gasteiger partial charge in [-0.1, -0.05) is 25.1 Å². The van der Waals surface area contributed by atoms with E-state index in [1.165, 1.54) is 6.92 Å². The van der Waals surface area contributed by atoms with E-state index in [9.17, 15) is 13.2 Å². The van der Waals surface area contributed by atoms with Crippen molar-refractivity contribution in [3.05, 3.63) is 52.7 Å². The van der Waals surface area contributed by atoms with Crippen molar-refractivity contribution < 1.29 is 18.3 Å². The summed E-state index contributed by atoms with van der Waals surface area (Å²) in [6, 6.07) is 1.64. The molecule has 0 aliphatic rings. The molecule has 0 amide bonds. The van der Waals surface area contributed by atoms with Crippen molar-refractivity contribution in [1.29, 1.82) is 0 Å². The largest absolute Gasteiger partial charge is 0.509 e. The number of thioether (sulfide) groups is 1. The smallest absolute Gasteiger partial charge is 0.433 e. The van der Waals surface area contributed by atoms with Crippen LogP contribution in [-0.4, -0.2) is 21.3 Å². The Hall–Kier alpha value is -1.47. The van der Waals surface area contributed by atoms with Gasteiger partial charge in [0, 0.05) is 34.3 Å². The first-order valence-corrected chi connectivity index (χ1v) is 7.98. The predicted octanol–water partition coefficient (Wildman–Crippen LogP) is 5.47. The molecule has 0 atom stereocenters. The molecule has 8 heteroatoms. The summed E-state index contributed by atoms with van der Waals surface area (Å²) in [5, 5.41) is 9.65. The van der Waals surface area contributed by atoms with Crippen LogP contribution >= 0.6 is 23.4 Å². The van der Waals surface area contributed by atoms with Crippen LogP contribution in [0.25, 0.3) is 0 Å². The van der Waals surface area contributed by atoms with Crippen LogP contribution in [0, 0.1) is 0 Å². The number of nitrogens with zero attached hydrogens (tertiary/aromatic N) is 2. The first-order valence-electron chi connectivity index (χ1n) is 6.62. The van der Waals surface area contributed by atoms with Crippen molar-refractivity contribution >= 4 is 28.4 Å². The average Bonchev–Trinajstić information content (AvgIpc) is 2.43. The van der Waals surface area contributed by atoms with E-state index in [0.717, 1.165) is 23.0 Å². The van der Waals surface area contributed by atoms with Crippen molar-refractivity contribution in [3.63, 3.8) is 0 Å². The molecule has 0 aliphatic carbocycles. The molecule has 23 heavy (non-hydrogen) atoms. The van der Waals surface area contributed by atoms with Crippen LogP contribution in [0.3, 0.4) is 0 Å². The summed E-state index contributed by atoms with van der Waals surface area (Å²) in [7, 11) is 0. The standard InChI is InChI=1S/C15H16ClF3N2OS/c1-4-13-11(12(16)5-6-20-13)8-23-10(3)21-14(7-9(2)22)15(17,18)19/h5-7,22H,2,4,8H2,1,3H3/b14-7-,21-10?. The molecule has 0 fully saturated rings. The molecule has 126 valence electrons. The minimum absolute atomic E-state index is 0.191. The van der Waals surface area contributed by atoms with E-state index in [2.05, 4.69) is 16.6 Å². The van der Waals surface area contributed by atoms with Crippen LogP contribution in [-0.2, 0) is 12.2 Å². The molecule has 0 saturated carbocycles. The fourth-order valence-electron chi connectivity index (χ4n) is 1.68. The van der Waals surface area contributed by atoms with Crippen molar-refractivity contribution in [3.8, 4) is 0 Å². The van der Waals surface area contributed by atoms with E-state index in [4.69, 9.17) is 16.7 Å². The monoisotopic (exact) mass is 364 g/mol. The molecular formula is C15H16ClF3N2OS. The molecule has 0 aromatic carbocycles.